The molecule has 34 heavy (non-hydrogen) atoms. The summed E-state index contributed by atoms with van der Waals surface area (Å²) < 4.78 is 1.80. The number of fused-ring (bicyclic) bond motifs is 2. The fourth-order valence-electron chi connectivity index (χ4n) is 6.06. The van der Waals surface area contributed by atoms with Gasteiger partial charge in [0.1, 0.15) is 12.6 Å². The van der Waals surface area contributed by atoms with Crippen LogP contribution in [0.25, 0.3) is 22.3 Å². The van der Waals surface area contributed by atoms with Crippen LogP contribution in [0.15, 0.2) is 36.8 Å². The van der Waals surface area contributed by atoms with Crippen molar-refractivity contribution in [1.29, 1.82) is 0 Å². The molecular weight excluding hydrogens is 450 g/mol. The first kappa shape index (κ1) is 21.8. The molecule has 2 aromatic heterocycles. The number of nitrogens with one attached hydrogen (secondary N) is 1. The first-order valence-electron chi connectivity index (χ1n) is 11.8. The minimum atomic E-state index is -0.741. The normalized spacial score (nSPS) is 25.6. The van der Waals surface area contributed by atoms with Crippen LogP contribution in [0, 0.1) is 24.2 Å². The summed E-state index contributed by atoms with van der Waals surface area (Å²) in [6.45, 7) is 8.32. The lowest BCUT2D eigenvalue weighted by Crippen LogP contribution is -2.38. The molecule has 0 radical (unpaired) electrons. The molecule has 8 heteroatoms. The van der Waals surface area contributed by atoms with Gasteiger partial charge >= 0.3 is 0 Å². The van der Waals surface area contributed by atoms with E-state index in [9.17, 15) is 9.90 Å². The van der Waals surface area contributed by atoms with E-state index in [0.717, 1.165) is 47.4 Å². The lowest BCUT2D eigenvalue weighted by molar-refractivity contribution is -0.140. The molecule has 1 amide bonds. The van der Waals surface area contributed by atoms with Gasteiger partial charge in [0, 0.05) is 35.8 Å². The van der Waals surface area contributed by atoms with E-state index < -0.39 is 6.23 Å². The Hall–Kier alpha value is -2.74. The van der Waals surface area contributed by atoms with Gasteiger partial charge < -0.3 is 15.3 Å². The third kappa shape index (κ3) is 3.21. The zero-order valence-corrected chi connectivity index (χ0v) is 20.3. The second kappa shape index (κ2) is 7.63. The summed E-state index contributed by atoms with van der Waals surface area (Å²) in [5.41, 5.74) is 7.01. The van der Waals surface area contributed by atoms with Crippen LogP contribution in [0.3, 0.4) is 0 Å². The number of aryl methyl sites for hydroxylation is 1. The van der Waals surface area contributed by atoms with Crippen LogP contribution in [0.4, 0.5) is 0 Å². The molecule has 3 aromatic rings. The summed E-state index contributed by atoms with van der Waals surface area (Å²) in [5.74, 6) is -0.0255. The van der Waals surface area contributed by atoms with Gasteiger partial charge in [-0.2, -0.15) is 5.10 Å². The summed E-state index contributed by atoms with van der Waals surface area (Å²) in [4.78, 5) is 19.1. The van der Waals surface area contributed by atoms with E-state index in [1.807, 2.05) is 24.4 Å². The monoisotopic (exact) mass is 477 g/mol. The summed E-state index contributed by atoms with van der Waals surface area (Å²) in [7, 11) is 0. The Kier molecular flexibility index (Phi) is 4.89. The van der Waals surface area contributed by atoms with E-state index in [0.29, 0.717) is 11.6 Å². The molecule has 3 unspecified atom stereocenters. The van der Waals surface area contributed by atoms with Gasteiger partial charge in [0.15, 0.2) is 0 Å². The average molecular weight is 478 g/mol. The first-order chi connectivity index (χ1) is 16.3. The maximum atomic E-state index is 12.9. The molecule has 1 saturated heterocycles. The maximum Gasteiger partial charge on any atom is 0.229 e. The molecule has 0 bridgehead atoms. The number of hydrogen-bond acceptors (Lipinski definition) is 5. The highest BCUT2D eigenvalue weighted by Gasteiger charge is 2.71. The quantitative estimate of drug-likeness (QED) is 0.599. The molecule has 2 aliphatic heterocycles. The number of carbonyl (C=O) groups is 1. The van der Waals surface area contributed by atoms with E-state index in [2.05, 4.69) is 42.2 Å². The second-order valence-corrected chi connectivity index (χ2v) is 10.8. The van der Waals surface area contributed by atoms with Crippen molar-refractivity contribution in [3.63, 3.8) is 0 Å². The van der Waals surface area contributed by atoms with Crippen LogP contribution >= 0.6 is 11.6 Å². The molecule has 1 aromatic carbocycles. The van der Waals surface area contributed by atoms with E-state index in [1.165, 1.54) is 11.1 Å². The zero-order chi connectivity index (χ0) is 23.8. The smallest absolute Gasteiger partial charge is 0.229 e. The average Bonchev–Trinajstić information content (AvgIpc) is 3.04. The molecule has 3 aliphatic rings. The van der Waals surface area contributed by atoms with Gasteiger partial charge in [-0.25, -0.2) is 9.50 Å². The van der Waals surface area contributed by atoms with Gasteiger partial charge in [-0.05, 0) is 65.8 Å². The number of nitrogens with zero attached hydrogens (tertiary/aromatic N) is 4. The number of aliphatic hydroxyl groups is 1. The molecule has 1 aliphatic carbocycles. The van der Waals surface area contributed by atoms with Crippen molar-refractivity contribution in [2.75, 3.05) is 13.1 Å². The van der Waals surface area contributed by atoms with Crippen molar-refractivity contribution in [3.05, 3.63) is 58.5 Å². The van der Waals surface area contributed by atoms with E-state index >= 15 is 0 Å². The highest BCUT2D eigenvalue weighted by Crippen LogP contribution is 2.65. The van der Waals surface area contributed by atoms with Gasteiger partial charge in [-0.1, -0.05) is 31.5 Å². The van der Waals surface area contributed by atoms with Crippen LogP contribution in [0.5, 0.6) is 0 Å². The Labute approximate surface area is 203 Å². The largest absolute Gasteiger partial charge is 0.373 e. The third-order valence-electron chi connectivity index (χ3n) is 7.86. The van der Waals surface area contributed by atoms with Crippen LogP contribution in [0.1, 0.15) is 37.0 Å². The topological polar surface area (TPSA) is 82.8 Å². The molecule has 2 N–H and O–H groups in total. The maximum absolute atomic E-state index is 12.9. The molecule has 3 atom stereocenters. The predicted octanol–water partition coefficient (Wildman–Crippen LogP) is 3.67. The molecule has 0 spiro atoms. The standard InChI is InChI=1S/C26H28ClN5O2/c1-14-8-17(27)10-18(20(14)16-4-6-28-7-5-16)23-19-9-15(12-32(19)30-13-29-23)11-31-24(33)21-22(25(31)34)26(21,2)3/h4,8-10,12-13,21-22,24,28,33H,5-7,11H2,1-3H3. The molecule has 4 heterocycles. The number of aromatic nitrogens is 3. The number of piperidine rings is 1. The van der Waals surface area contributed by atoms with E-state index in [-0.39, 0.29) is 23.2 Å². The fraction of sp³-hybridized carbons (Fsp3) is 0.423. The van der Waals surface area contributed by atoms with E-state index in [4.69, 9.17) is 11.6 Å². The molecule has 2 fully saturated rings. The molecule has 1 saturated carbocycles. The lowest BCUT2D eigenvalue weighted by atomic mass is 9.90. The minimum Gasteiger partial charge on any atom is -0.373 e. The van der Waals surface area contributed by atoms with Crippen LogP contribution < -0.4 is 5.32 Å². The number of hydrogen-bond donors (Lipinski definition) is 2. The van der Waals surface area contributed by atoms with Crippen LogP contribution in [-0.2, 0) is 11.3 Å². The van der Waals surface area contributed by atoms with E-state index in [1.54, 1.807) is 15.7 Å². The zero-order valence-electron chi connectivity index (χ0n) is 19.5. The van der Waals surface area contributed by atoms with Gasteiger partial charge in [0.25, 0.3) is 0 Å². The summed E-state index contributed by atoms with van der Waals surface area (Å²) in [6.07, 6.45) is 5.90. The van der Waals surface area contributed by atoms with Gasteiger partial charge in [-0.15, -0.1) is 0 Å². The number of likely N-dealkylation sites (tertiary alicyclic amines) is 1. The fourth-order valence-corrected chi connectivity index (χ4v) is 6.33. The Balaban J connectivity index is 1.40. The highest BCUT2D eigenvalue weighted by molar-refractivity contribution is 6.31. The Morgan fingerprint density at radius 3 is 2.82 bits per heavy atom. The predicted molar refractivity (Wildman–Crippen MR) is 131 cm³/mol. The Morgan fingerprint density at radius 1 is 1.29 bits per heavy atom. The number of carbonyl (C=O) groups excluding carboxylic acids is 1. The first-order valence-corrected chi connectivity index (χ1v) is 12.2. The number of aliphatic hydroxyl groups excluding tert-OH is 1. The molecule has 7 nitrogen and oxygen atoms in total. The number of benzene rings is 1. The van der Waals surface area contributed by atoms with Crippen molar-refractivity contribution >= 4 is 28.6 Å². The van der Waals surface area contributed by atoms with Crippen molar-refractivity contribution in [2.45, 2.75) is 40.0 Å². The number of amides is 1. The molecule has 176 valence electrons. The highest BCUT2D eigenvalue weighted by atomic mass is 35.5. The van der Waals surface area contributed by atoms with Crippen molar-refractivity contribution in [1.82, 2.24) is 24.8 Å². The minimum absolute atomic E-state index is 0.0163. The van der Waals surface area contributed by atoms with Crippen molar-refractivity contribution < 1.29 is 9.90 Å². The Morgan fingerprint density at radius 2 is 2.12 bits per heavy atom. The van der Waals surface area contributed by atoms with Crippen LogP contribution in [0.2, 0.25) is 5.02 Å². The molecular formula is C26H28ClN5O2. The molecule has 6 rings (SSSR count). The number of halogens is 1. The SMILES string of the molecule is Cc1cc(Cl)cc(-c2ncnn3cc(CN4C(=O)C5C(C4O)C5(C)C)cc23)c1C1=CCNCC1. The van der Waals surface area contributed by atoms with Crippen LogP contribution in [-0.4, -0.2) is 49.8 Å². The van der Waals surface area contributed by atoms with Crippen molar-refractivity contribution in [2.24, 2.45) is 17.3 Å². The van der Waals surface area contributed by atoms with Gasteiger partial charge in [-0.3, -0.25) is 4.79 Å². The number of rotatable bonds is 4. The Bertz CT molecular complexity index is 1360. The van der Waals surface area contributed by atoms with Gasteiger partial charge in [0.2, 0.25) is 5.91 Å². The second-order valence-electron chi connectivity index (χ2n) is 10.3. The summed E-state index contributed by atoms with van der Waals surface area (Å²) in [5, 5.41) is 19.2. The third-order valence-corrected chi connectivity index (χ3v) is 8.07. The van der Waals surface area contributed by atoms with Crippen molar-refractivity contribution in [3.8, 4) is 11.3 Å². The van der Waals surface area contributed by atoms with Gasteiger partial charge in [0.05, 0.1) is 17.1 Å². The summed E-state index contributed by atoms with van der Waals surface area (Å²) >= 11 is 6.50. The summed E-state index contributed by atoms with van der Waals surface area (Å²) in [6, 6.07) is 5.99. The lowest BCUT2D eigenvalue weighted by Gasteiger charge is -2.26.